The number of hydrogen-bond acceptors (Lipinski definition) is 7. The van der Waals surface area contributed by atoms with Crippen molar-refractivity contribution in [2.24, 2.45) is 5.10 Å². The number of carbonyl (C=O) groups is 3. The summed E-state index contributed by atoms with van der Waals surface area (Å²) in [6, 6.07) is 8.64. The lowest BCUT2D eigenvalue weighted by Gasteiger charge is -2.35. The predicted molar refractivity (Wildman–Crippen MR) is 103 cm³/mol. The third-order valence-electron chi connectivity index (χ3n) is 4.75. The first kappa shape index (κ1) is 19.9. The summed E-state index contributed by atoms with van der Waals surface area (Å²) in [4.78, 5) is 38.4. The summed E-state index contributed by atoms with van der Waals surface area (Å²) in [6.07, 6.45) is 1.38. The first-order valence-corrected chi connectivity index (χ1v) is 9.54. The minimum Gasteiger partial charge on any atom is -0.461 e. The van der Waals surface area contributed by atoms with E-state index in [2.05, 4.69) is 5.10 Å². The quantitative estimate of drug-likeness (QED) is 0.715. The van der Waals surface area contributed by atoms with Gasteiger partial charge in [-0.05, 0) is 31.9 Å². The molecule has 2 aliphatic heterocycles. The minimum atomic E-state index is -0.627. The summed E-state index contributed by atoms with van der Waals surface area (Å²) in [5.41, 5.74) is 0.964. The smallest absolute Gasteiger partial charge is 0.354 e. The van der Waals surface area contributed by atoms with Gasteiger partial charge in [-0.25, -0.2) is 4.79 Å². The van der Waals surface area contributed by atoms with Gasteiger partial charge in [0.25, 0.3) is 0 Å². The van der Waals surface area contributed by atoms with E-state index in [9.17, 15) is 14.4 Å². The molecule has 0 aliphatic carbocycles. The van der Waals surface area contributed by atoms with E-state index >= 15 is 0 Å². The number of benzene rings is 1. The van der Waals surface area contributed by atoms with Crippen molar-refractivity contribution < 1.29 is 23.9 Å². The van der Waals surface area contributed by atoms with Crippen LogP contribution in [-0.2, 0) is 23.9 Å². The van der Waals surface area contributed by atoms with Crippen molar-refractivity contribution >= 4 is 29.2 Å². The molecule has 2 unspecified atom stereocenters. The fraction of sp³-hybridized carbons (Fsp3) is 0.500. The van der Waals surface area contributed by atoms with Gasteiger partial charge in [0.15, 0.2) is 0 Å². The molecule has 0 aromatic heterocycles. The Bertz CT molecular complexity index is 764. The maximum absolute atomic E-state index is 13.3. The number of esters is 2. The maximum Gasteiger partial charge on any atom is 0.354 e. The highest BCUT2D eigenvalue weighted by Crippen LogP contribution is 2.27. The molecule has 0 bridgehead atoms. The number of piperidine rings is 1. The molecule has 28 heavy (non-hydrogen) atoms. The topological polar surface area (TPSA) is 88.5 Å². The van der Waals surface area contributed by atoms with E-state index in [4.69, 9.17) is 9.47 Å². The zero-order chi connectivity index (χ0) is 20.1. The number of carbonyl (C=O) groups excluding carboxylic acids is 3. The average Bonchev–Trinajstić information content (AvgIpc) is 3.13. The number of hydrogen-bond donors (Lipinski definition) is 0. The molecule has 1 aromatic carbocycles. The highest BCUT2D eigenvalue weighted by molar-refractivity contribution is 6.38. The molecule has 1 fully saturated rings. The summed E-state index contributed by atoms with van der Waals surface area (Å²) in [5, 5.41) is 5.97. The van der Waals surface area contributed by atoms with Crippen LogP contribution in [0.5, 0.6) is 0 Å². The van der Waals surface area contributed by atoms with Crippen molar-refractivity contribution in [3.63, 3.8) is 0 Å². The maximum atomic E-state index is 13.3. The van der Waals surface area contributed by atoms with Crippen LogP contribution in [0.1, 0.15) is 33.1 Å². The van der Waals surface area contributed by atoms with Crippen molar-refractivity contribution in [3.8, 4) is 0 Å². The van der Waals surface area contributed by atoms with Gasteiger partial charge >= 0.3 is 11.9 Å². The lowest BCUT2D eigenvalue weighted by molar-refractivity contribution is -0.152. The summed E-state index contributed by atoms with van der Waals surface area (Å²) in [7, 11) is 0. The number of likely N-dealkylation sites (tertiary alicyclic amines) is 1. The second-order valence-electron chi connectivity index (χ2n) is 6.83. The van der Waals surface area contributed by atoms with Crippen molar-refractivity contribution in [2.45, 2.75) is 45.3 Å². The Kier molecular flexibility index (Phi) is 6.28. The second kappa shape index (κ2) is 8.86. The molecule has 0 saturated carbocycles. The largest absolute Gasteiger partial charge is 0.461 e. The average molecular weight is 387 g/mol. The normalized spacial score (nSPS) is 21.9. The number of nitrogens with zero attached hydrogens (tertiary/aromatic N) is 3. The molecular weight excluding hydrogens is 362 g/mol. The highest BCUT2D eigenvalue weighted by atomic mass is 16.5. The molecule has 0 spiro atoms. The van der Waals surface area contributed by atoms with Crippen molar-refractivity contribution in [3.05, 3.63) is 30.3 Å². The van der Waals surface area contributed by atoms with Gasteiger partial charge in [0.2, 0.25) is 5.91 Å². The van der Waals surface area contributed by atoms with Crippen LogP contribution in [0.4, 0.5) is 5.69 Å². The standard InChI is InChI=1S/C20H25N3O5/c1-3-27-20(26)17-12-18(23(21-17)15-8-5-4-6-9-15)19(25)22-11-7-10-16(13-22)28-14(2)24/h4-6,8-9,16,18H,3,7,10-13H2,1-2H3. The summed E-state index contributed by atoms with van der Waals surface area (Å²) < 4.78 is 10.4. The Morgan fingerprint density at radius 1 is 1.21 bits per heavy atom. The number of anilines is 1. The number of ether oxygens (including phenoxy) is 2. The number of amides is 1. The Labute approximate surface area is 164 Å². The van der Waals surface area contributed by atoms with Gasteiger partial charge in [-0.1, -0.05) is 18.2 Å². The van der Waals surface area contributed by atoms with E-state index in [1.165, 1.54) is 6.92 Å². The molecule has 2 heterocycles. The van der Waals surface area contributed by atoms with Gasteiger partial charge in [-0.3, -0.25) is 14.6 Å². The predicted octanol–water partition coefficient (Wildman–Crippen LogP) is 1.74. The van der Waals surface area contributed by atoms with Crippen LogP contribution in [0, 0.1) is 0 Å². The Morgan fingerprint density at radius 3 is 2.64 bits per heavy atom. The molecule has 2 aliphatic rings. The molecule has 1 amide bonds. The zero-order valence-corrected chi connectivity index (χ0v) is 16.2. The van der Waals surface area contributed by atoms with Crippen LogP contribution in [0.3, 0.4) is 0 Å². The monoisotopic (exact) mass is 387 g/mol. The number of hydrazone groups is 1. The van der Waals surface area contributed by atoms with E-state index in [-0.39, 0.29) is 36.7 Å². The number of para-hydroxylation sites is 1. The SMILES string of the molecule is CCOC(=O)C1=NN(c2ccccc2)C(C(=O)N2CCCC(OC(C)=O)C2)C1. The lowest BCUT2D eigenvalue weighted by atomic mass is 10.0. The van der Waals surface area contributed by atoms with Crippen LogP contribution in [0.25, 0.3) is 0 Å². The number of rotatable bonds is 5. The first-order valence-electron chi connectivity index (χ1n) is 9.54. The summed E-state index contributed by atoms with van der Waals surface area (Å²) in [6.45, 7) is 4.29. The Hall–Kier alpha value is -2.90. The van der Waals surface area contributed by atoms with Gasteiger partial charge < -0.3 is 14.4 Å². The van der Waals surface area contributed by atoms with E-state index in [0.717, 1.165) is 18.5 Å². The van der Waals surface area contributed by atoms with Crippen molar-refractivity contribution in [1.82, 2.24) is 4.90 Å². The lowest BCUT2D eigenvalue weighted by Crippen LogP contribution is -2.50. The molecule has 1 saturated heterocycles. The molecule has 8 nitrogen and oxygen atoms in total. The van der Waals surface area contributed by atoms with E-state index < -0.39 is 12.0 Å². The van der Waals surface area contributed by atoms with Gasteiger partial charge in [0, 0.05) is 19.9 Å². The highest BCUT2D eigenvalue weighted by Gasteiger charge is 2.40. The third-order valence-corrected chi connectivity index (χ3v) is 4.75. The fourth-order valence-corrected chi connectivity index (χ4v) is 3.54. The van der Waals surface area contributed by atoms with E-state index in [0.29, 0.717) is 13.1 Å². The van der Waals surface area contributed by atoms with Gasteiger partial charge in [0.05, 0.1) is 18.8 Å². The molecule has 150 valence electrons. The van der Waals surface area contributed by atoms with E-state index in [1.807, 2.05) is 30.3 Å². The Morgan fingerprint density at radius 2 is 1.96 bits per heavy atom. The molecule has 1 aromatic rings. The summed E-state index contributed by atoms with van der Waals surface area (Å²) >= 11 is 0. The molecule has 3 rings (SSSR count). The van der Waals surface area contributed by atoms with Crippen molar-refractivity contribution in [2.75, 3.05) is 24.7 Å². The second-order valence-corrected chi connectivity index (χ2v) is 6.83. The van der Waals surface area contributed by atoms with Crippen LogP contribution < -0.4 is 5.01 Å². The van der Waals surface area contributed by atoms with Gasteiger partial charge in [-0.2, -0.15) is 5.10 Å². The van der Waals surface area contributed by atoms with Crippen LogP contribution in [0.2, 0.25) is 0 Å². The molecule has 0 N–H and O–H groups in total. The van der Waals surface area contributed by atoms with Gasteiger partial charge in [0.1, 0.15) is 17.9 Å². The van der Waals surface area contributed by atoms with E-state index in [1.54, 1.807) is 16.8 Å². The zero-order valence-electron chi connectivity index (χ0n) is 16.2. The fourth-order valence-electron chi connectivity index (χ4n) is 3.54. The summed E-state index contributed by atoms with van der Waals surface area (Å²) in [5.74, 6) is -0.988. The van der Waals surface area contributed by atoms with Crippen LogP contribution in [0.15, 0.2) is 35.4 Å². The van der Waals surface area contributed by atoms with Crippen LogP contribution in [-0.4, -0.2) is 60.3 Å². The Balaban J connectivity index is 1.79. The first-order chi connectivity index (χ1) is 13.5. The van der Waals surface area contributed by atoms with Crippen molar-refractivity contribution in [1.29, 1.82) is 0 Å². The molecule has 0 radical (unpaired) electrons. The molecule has 2 atom stereocenters. The molecular formula is C20H25N3O5. The molecule has 8 heteroatoms. The minimum absolute atomic E-state index is 0.135. The third kappa shape index (κ3) is 4.49. The van der Waals surface area contributed by atoms with Gasteiger partial charge in [-0.15, -0.1) is 0 Å². The van der Waals surface area contributed by atoms with Crippen LogP contribution >= 0.6 is 0 Å².